The first-order valence-corrected chi connectivity index (χ1v) is 9.00. The van der Waals surface area contributed by atoms with Gasteiger partial charge in [0.05, 0.1) is 0 Å². The molecule has 0 radical (unpaired) electrons. The molecule has 3 nitrogen and oxygen atoms in total. The average molecular weight is 308 g/mol. The van der Waals surface area contributed by atoms with Crippen LogP contribution in [0.3, 0.4) is 0 Å². The molecule has 1 aromatic rings. The highest BCUT2D eigenvalue weighted by Crippen LogP contribution is 2.32. The Morgan fingerprint density at radius 1 is 1.38 bits per heavy atom. The van der Waals surface area contributed by atoms with E-state index in [2.05, 4.69) is 68.7 Å². The average Bonchev–Trinajstić information content (AvgIpc) is 2.43. The van der Waals surface area contributed by atoms with Crippen LogP contribution in [0, 0.1) is 0 Å². The summed E-state index contributed by atoms with van der Waals surface area (Å²) in [4.78, 5) is 7.38. The van der Waals surface area contributed by atoms with Crippen LogP contribution >= 0.6 is 11.8 Å². The number of nitrogens with one attached hydrogen (secondary N) is 1. The molecule has 0 bridgehead atoms. The van der Waals surface area contributed by atoms with Gasteiger partial charge in [-0.05, 0) is 44.0 Å². The van der Waals surface area contributed by atoms with Gasteiger partial charge in [-0.25, -0.2) is 4.98 Å². The summed E-state index contributed by atoms with van der Waals surface area (Å²) in [7, 11) is 0. The van der Waals surface area contributed by atoms with Gasteiger partial charge in [0.2, 0.25) is 0 Å². The molecule has 1 N–H and O–H groups in total. The zero-order chi connectivity index (χ0) is 15.5. The molecule has 0 spiro atoms. The first-order chi connectivity index (χ1) is 9.91. The number of hydrogen-bond acceptors (Lipinski definition) is 4. The molecule has 2 heterocycles. The summed E-state index contributed by atoms with van der Waals surface area (Å²) in [5.74, 6) is 2.81. The maximum Gasteiger partial charge on any atom is 0.129 e. The molecular formula is C17H29N3S. The van der Waals surface area contributed by atoms with Crippen molar-refractivity contribution in [2.24, 2.45) is 0 Å². The summed E-state index contributed by atoms with van der Waals surface area (Å²) >= 11 is 2.07. The standard InChI is InChI=1S/C17H29N3S/c1-6-18-11-14-9-15(13(2)3)19-16(10-14)20-7-8-21-17(4,5)12-20/h9-10,13,18H,6-8,11-12H2,1-5H3. The van der Waals surface area contributed by atoms with E-state index in [-0.39, 0.29) is 0 Å². The highest BCUT2D eigenvalue weighted by Gasteiger charge is 2.28. The van der Waals surface area contributed by atoms with E-state index in [0.717, 1.165) is 32.0 Å². The molecule has 1 aromatic heterocycles. The Hall–Kier alpha value is -0.740. The normalized spacial score (nSPS) is 18.3. The quantitative estimate of drug-likeness (QED) is 0.899. The van der Waals surface area contributed by atoms with Gasteiger partial charge in [-0.2, -0.15) is 11.8 Å². The fourth-order valence-corrected chi connectivity index (χ4v) is 3.75. The van der Waals surface area contributed by atoms with E-state index in [9.17, 15) is 0 Å². The molecule has 0 amide bonds. The molecule has 0 unspecified atom stereocenters. The zero-order valence-electron chi connectivity index (χ0n) is 14.1. The van der Waals surface area contributed by atoms with E-state index >= 15 is 0 Å². The van der Waals surface area contributed by atoms with Crippen molar-refractivity contribution >= 4 is 17.6 Å². The lowest BCUT2D eigenvalue weighted by molar-refractivity contribution is 0.638. The highest BCUT2D eigenvalue weighted by molar-refractivity contribution is 8.00. The number of anilines is 1. The van der Waals surface area contributed by atoms with Crippen molar-refractivity contribution in [3.05, 3.63) is 23.4 Å². The minimum atomic E-state index is 0.315. The lowest BCUT2D eigenvalue weighted by Crippen LogP contribution is -2.43. The molecule has 21 heavy (non-hydrogen) atoms. The largest absolute Gasteiger partial charge is 0.354 e. The Balaban J connectivity index is 2.26. The van der Waals surface area contributed by atoms with Gasteiger partial charge in [-0.1, -0.05) is 20.8 Å². The number of hydrogen-bond donors (Lipinski definition) is 1. The number of nitrogens with zero attached hydrogens (tertiary/aromatic N) is 2. The molecule has 118 valence electrons. The number of rotatable bonds is 5. The lowest BCUT2D eigenvalue weighted by Gasteiger charge is -2.38. The Labute approximate surface area is 133 Å². The fourth-order valence-electron chi connectivity index (χ4n) is 2.64. The minimum absolute atomic E-state index is 0.315. The predicted molar refractivity (Wildman–Crippen MR) is 94.5 cm³/mol. The first-order valence-electron chi connectivity index (χ1n) is 8.02. The Morgan fingerprint density at radius 2 is 2.14 bits per heavy atom. The summed E-state index contributed by atoms with van der Waals surface area (Å²) in [6, 6.07) is 4.52. The van der Waals surface area contributed by atoms with Crippen LogP contribution in [0.5, 0.6) is 0 Å². The van der Waals surface area contributed by atoms with Crippen LogP contribution in [-0.4, -0.2) is 35.1 Å². The maximum absolute atomic E-state index is 4.92. The van der Waals surface area contributed by atoms with Crippen LogP contribution < -0.4 is 10.2 Å². The molecule has 0 atom stereocenters. The Kier molecular flexibility index (Phi) is 5.55. The van der Waals surface area contributed by atoms with Gasteiger partial charge in [0.15, 0.2) is 0 Å². The molecule has 0 aromatic carbocycles. The zero-order valence-corrected chi connectivity index (χ0v) is 14.9. The SMILES string of the molecule is CCNCc1cc(C(C)C)nc(N2CCSC(C)(C)C2)c1. The van der Waals surface area contributed by atoms with E-state index in [1.807, 2.05) is 0 Å². The van der Waals surface area contributed by atoms with Crippen molar-refractivity contribution in [3.63, 3.8) is 0 Å². The van der Waals surface area contributed by atoms with Crippen molar-refractivity contribution in [1.82, 2.24) is 10.3 Å². The summed E-state index contributed by atoms with van der Waals surface area (Å²) in [5, 5.41) is 3.43. The lowest BCUT2D eigenvalue weighted by atomic mass is 10.1. The Bertz CT molecular complexity index is 471. The molecule has 1 fully saturated rings. The van der Waals surface area contributed by atoms with E-state index in [0.29, 0.717) is 10.7 Å². The molecule has 0 saturated carbocycles. The molecule has 4 heteroatoms. The van der Waals surface area contributed by atoms with Gasteiger partial charge in [0.1, 0.15) is 5.82 Å². The van der Waals surface area contributed by atoms with Crippen LogP contribution in [-0.2, 0) is 6.54 Å². The summed E-state index contributed by atoms with van der Waals surface area (Å²) in [5.41, 5.74) is 2.55. The number of thioether (sulfide) groups is 1. The molecule has 0 aliphatic carbocycles. The number of pyridine rings is 1. The monoisotopic (exact) mass is 307 g/mol. The maximum atomic E-state index is 4.92. The second-order valence-electron chi connectivity index (χ2n) is 6.72. The number of aromatic nitrogens is 1. The first kappa shape index (κ1) is 16.6. The third kappa shape index (κ3) is 4.62. The summed E-state index contributed by atoms with van der Waals surface area (Å²) < 4.78 is 0.315. The van der Waals surface area contributed by atoms with E-state index in [1.165, 1.54) is 17.0 Å². The summed E-state index contributed by atoms with van der Waals surface area (Å²) in [6.45, 7) is 15.4. The molecular weight excluding hydrogens is 278 g/mol. The van der Waals surface area contributed by atoms with Crippen LogP contribution in [0.4, 0.5) is 5.82 Å². The smallest absolute Gasteiger partial charge is 0.129 e. The Morgan fingerprint density at radius 3 is 2.76 bits per heavy atom. The van der Waals surface area contributed by atoms with Gasteiger partial charge >= 0.3 is 0 Å². The fraction of sp³-hybridized carbons (Fsp3) is 0.706. The van der Waals surface area contributed by atoms with E-state index in [1.54, 1.807) is 0 Å². The van der Waals surface area contributed by atoms with Crippen LogP contribution in [0.25, 0.3) is 0 Å². The van der Waals surface area contributed by atoms with Crippen molar-refractivity contribution in [3.8, 4) is 0 Å². The van der Waals surface area contributed by atoms with E-state index < -0.39 is 0 Å². The third-order valence-corrected chi connectivity index (χ3v) is 5.11. The van der Waals surface area contributed by atoms with Crippen molar-refractivity contribution in [2.45, 2.75) is 51.8 Å². The minimum Gasteiger partial charge on any atom is -0.354 e. The third-order valence-electron chi connectivity index (χ3n) is 3.81. The van der Waals surface area contributed by atoms with E-state index in [4.69, 9.17) is 4.98 Å². The van der Waals surface area contributed by atoms with Crippen LogP contribution in [0.15, 0.2) is 12.1 Å². The van der Waals surface area contributed by atoms with Gasteiger partial charge in [-0.15, -0.1) is 0 Å². The predicted octanol–water partition coefficient (Wildman–Crippen LogP) is 3.65. The van der Waals surface area contributed by atoms with Crippen molar-refractivity contribution < 1.29 is 0 Å². The molecule has 1 aliphatic heterocycles. The highest BCUT2D eigenvalue weighted by atomic mass is 32.2. The van der Waals surface area contributed by atoms with Crippen molar-refractivity contribution in [1.29, 1.82) is 0 Å². The second kappa shape index (κ2) is 7.01. The van der Waals surface area contributed by atoms with Gasteiger partial charge in [0, 0.05) is 35.8 Å². The van der Waals surface area contributed by atoms with Gasteiger partial charge < -0.3 is 10.2 Å². The van der Waals surface area contributed by atoms with Crippen LogP contribution in [0.1, 0.15) is 51.8 Å². The molecule has 1 saturated heterocycles. The van der Waals surface area contributed by atoms with Crippen LogP contribution in [0.2, 0.25) is 0 Å². The second-order valence-corrected chi connectivity index (χ2v) is 8.53. The molecule has 1 aliphatic rings. The van der Waals surface area contributed by atoms with Gasteiger partial charge in [-0.3, -0.25) is 0 Å². The van der Waals surface area contributed by atoms with Crippen molar-refractivity contribution in [2.75, 3.05) is 30.3 Å². The summed E-state index contributed by atoms with van der Waals surface area (Å²) in [6.07, 6.45) is 0. The van der Waals surface area contributed by atoms with Gasteiger partial charge in [0.25, 0.3) is 0 Å². The topological polar surface area (TPSA) is 28.2 Å². The molecule has 2 rings (SSSR count).